The summed E-state index contributed by atoms with van der Waals surface area (Å²) in [6.07, 6.45) is 0. The number of halogens is 1. The molecule has 0 radical (unpaired) electrons. The lowest BCUT2D eigenvalue weighted by Crippen LogP contribution is -2.13. The highest BCUT2D eigenvalue weighted by molar-refractivity contribution is 7.92. The molecule has 78 valence electrons. The van der Waals surface area contributed by atoms with E-state index in [2.05, 4.69) is 0 Å². The van der Waals surface area contributed by atoms with E-state index in [1.165, 1.54) is 6.07 Å². The molecule has 4 heteroatoms. The number of hydrogen-bond acceptors (Lipinski definition) is 2. The zero-order chi connectivity index (χ0) is 10.9. The average Bonchev–Trinajstić information content (AvgIpc) is 2.09. The van der Waals surface area contributed by atoms with Crippen LogP contribution in [0.25, 0.3) is 0 Å². The van der Waals surface area contributed by atoms with Crippen LogP contribution in [0.15, 0.2) is 23.1 Å². The van der Waals surface area contributed by atoms with Crippen LogP contribution in [0.3, 0.4) is 0 Å². The van der Waals surface area contributed by atoms with Crippen molar-refractivity contribution < 1.29 is 8.42 Å². The van der Waals surface area contributed by atoms with Crippen LogP contribution in [0.2, 0.25) is 5.02 Å². The summed E-state index contributed by atoms with van der Waals surface area (Å²) in [6.45, 7) is 5.15. The van der Waals surface area contributed by atoms with Gasteiger partial charge in [-0.1, -0.05) is 17.7 Å². The fourth-order valence-electron chi connectivity index (χ4n) is 1.02. The molecule has 1 rings (SSSR count). The molecular weight excluding hydrogens is 220 g/mol. The van der Waals surface area contributed by atoms with E-state index >= 15 is 0 Å². The van der Waals surface area contributed by atoms with Crippen molar-refractivity contribution in [3.05, 3.63) is 28.8 Å². The van der Waals surface area contributed by atoms with Gasteiger partial charge in [-0.2, -0.15) is 0 Å². The highest BCUT2D eigenvalue weighted by atomic mass is 35.5. The number of sulfone groups is 1. The normalized spacial score (nSPS) is 12.1. The molecule has 0 aromatic heterocycles. The lowest BCUT2D eigenvalue weighted by atomic mass is 10.2. The van der Waals surface area contributed by atoms with Crippen molar-refractivity contribution in [3.8, 4) is 0 Å². The minimum atomic E-state index is -3.20. The molecule has 1 aromatic carbocycles. The van der Waals surface area contributed by atoms with Crippen LogP contribution in [0, 0.1) is 6.92 Å². The first-order valence-electron chi connectivity index (χ1n) is 4.35. The largest absolute Gasteiger partial charge is 0.223 e. The van der Waals surface area contributed by atoms with Crippen molar-refractivity contribution in [2.75, 3.05) is 0 Å². The Morgan fingerprint density at radius 2 is 1.86 bits per heavy atom. The van der Waals surface area contributed by atoms with Gasteiger partial charge in [-0.25, -0.2) is 8.42 Å². The van der Waals surface area contributed by atoms with Crippen molar-refractivity contribution in [2.24, 2.45) is 0 Å². The molecule has 0 N–H and O–H groups in total. The summed E-state index contributed by atoms with van der Waals surface area (Å²) in [7, 11) is -3.20. The maximum atomic E-state index is 11.7. The monoisotopic (exact) mass is 232 g/mol. The molecule has 0 saturated carbocycles. The predicted molar refractivity (Wildman–Crippen MR) is 58.5 cm³/mol. The SMILES string of the molecule is Cc1ccc(S(=O)(=O)C(C)C)cc1Cl. The maximum Gasteiger partial charge on any atom is 0.180 e. The van der Waals surface area contributed by atoms with Gasteiger partial charge in [0, 0.05) is 5.02 Å². The second-order valence-corrected chi connectivity index (χ2v) is 6.42. The Morgan fingerprint density at radius 1 is 1.29 bits per heavy atom. The van der Waals surface area contributed by atoms with Crippen molar-refractivity contribution in [1.29, 1.82) is 0 Å². The molecule has 0 saturated heterocycles. The van der Waals surface area contributed by atoms with Crippen molar-refractivity contribution >= 4 is 21.4 Å². The summed E-state index contributed by atoms with van der Waals surface area (Å²) in [5.41, 5.74) is 0.884. The fourth-order valence-corrected chi connectivity index (χ4v) is 2.35. The number of aryl methyl sites for hydroxylation is 1. The van der Waals surface area contributed by atoms with Crippen LogP contribution in [0.1, 0.15) is 19.4 Å². The fraction of sp³-hybridized carbons (Fsp3) is 0.400. The summed E-state index contributed by atoms with van der Waals surface area (Å²) in [4.78, 5) is 0.295. The summed E-state index contributed by atoms with van der Waals surface area (Å²) in [6, 6.07) is 4.82. The van der Waals surface area contributed by atoms with Gasteiger partial charge in [-0.3, -0.25) is 0 Å². The van der Waals surface area contributed by atoms with E-state index in [1.54, 1.807) is 26.0 Å². The van der Waals surface area contributed by atoms with Gasteiger partial charge in [-0.15, -0.1) is 0 Å². The minimum absolute atomic E-state index is 0.295. The Kier molecular flexibility index (Phi) is 3.22. The number of hydrogen-bond donors (Lipinski definition) is 0. The molecule has 0 unspecified atom stereocenters. The summed E-state index contributed by atoms with van der Waals surface area (Å²) < 4.78 is 23.5. The average molecular weight is 233 g/mol. The predicted octanol–water partition coefficient (Wildman–Crippen LogP) is 2.83. The molecule has 0 heterocycles. The van der Waals surface area contributed by atoms with Gasteiger partial charge in [0.25, 0.3) is 0 Å². The second kappa shape index (κ2) is 3.91. The summed E-state index contributed by atoms with van der Waals surface area (Å²) >= 11 is 5.86. The van der Waals surface area contributed by atoms with E-state index in [0.717, 1.165) is 5.56 Å². The van der Waals surface area contributed by atoms with Gasteiger partial charge in [0.2, 0.25) is 0 Å². The van der Waals surface area contributed by atoms with Gasteiger partial charge >= 0.3 is 0 Å². The molecule has 0 amide bonds. The molecule has 0 atom stereocenters. The standard InChI is InChI=1S/C10H13ClO2S/c1-7(2)14(12,13)9-5-4-8(3)10(11)6-9/h4-7H,1-3H3. The van der Waals surface area contributed by atoms with Gasteiger partial charge in [0.15, 0.2) is 9.84 Å². The van der Waals surface area contributed by atoms with Crippen LogP contribution in [0.5, 0.6) is 0 Å². The van der Waals surface area contributed by atoms with Crippen LogP contribution < -0.4 is 0 Å². The lowest BCUT2D eigenvalue weighted by Gasteiger charge is -2.08. The summed E-state index contributed by atoms with van der Waals surface area (Å²) in [5, 5.41) is 0.0768. The molecule has 2 nitrogen and oxygen atoms in total. The second-order valence-electron chi connectivity index (χ2n) is 3.50. The van der Waals surface area contributed by atoms with Gasteiger partial charge in [-0.05, 0) is 38.5 Å². The summed E-state index contributed by atoms with van der Waals surface area (Å²) in [5.74, 6) is 0. The smallest absolute Gasteiger partial charge is 0.180 e. The number of rotatable bonds is 2. The van der Waals surface area contributed by atoms with Crippen LogP contribution in [-0.4, -0.2) is 13.7 Å². The Hall–Kier alpha value is -0.540. The molecule has 0 aliphatic heterocycles. The molecule has 14 heavy (non-hydrogen) atoms. The first-order valence-corrected chi connectivity index (χ1v) is 6.28. The highest BCUT2D eigenvalue weighted by Crippen LogP contribution is 2.22. The van der Waals surface area contributed by atoms with Gasteiger partial charge < -0.3 is 0 Å². The molecule has 0 aliphatic carbocycles. The van der Waals surface area contributed by atoms with Crippen molar-refractivity contribution in [1.82, 2.24) is 0 Å². The Bertz CT molecular complexity index is 435. The van der Waals surface area contributed by atoms with E-state index in [1.807, 2.05) is 6.92 Å². The maximum absolute atomic E-state index is 11.7. The Balaban J connectivity index is 3.29. The van der Waals surface area contributed by atoms with Crippen LogP contribution >= 0.6 is 11.6 Å². The van der Waals surface area contributed by atoms with Gasteiger partial charge in [0.1, 0.15) is 0 Å². The molecular formula is C10H13ClO2S. The van der Waals surface area contributed by atoms with Crippen LogP contribution in [0.4, 0.5) is 0 Å². The third kappa shape index (κ3) is 2.10. The number of benzene rings is 1. The van der Waals surface area contributed by atoms with E-state index < -0.39 is 15.1 Å². The topological polar surface area (TPSA) is 34.1 Å². The van der Waals surface area contributed by atoms with Crippen molar-refractivity contribution in [3.63, 3.8) is 0 Å². The van der Waals surface area contributed by atoms with E-state index in [-0.39, 0.29) is 0 Å². The van der Waals surface area contributed by atoms with Crippen molar-refractivity contribution in [2.45, 2.75) is 30.9 Å². The molecule has 0 spiro atoms. The Morgan fingerprint density at radius 3 is 2.29 bits per heavy atom. The lowest BCUT2D eigenvalue weighted by molar-refractivity contribution is 0.587. The first kappa shape index (κ1) is 11.5. The molecule has 1 aromatic rings. The third-order valence-electron chi connectivity index (χ3n) is 2.09. The minimum Gasteiger partial charge on any atom is -0.223 e. The quantitative estimate of drug-likeness (QED) is 0.786. The van der Waals surface area contributed by atoms with Gasteiger partial charge in [0.05, 0.1) is 10.1 Å². The molecule has 0 fully saturated rings. The van der Waals surface area contributed by atoms with E-state index in [4.69, 9.17) is 11.6 Å². The van der Waals surface area contributed by atoms with E-state index in [9.17, 15) is 8.42 Å². The van der Waals surface area contributed by atoms with Crippen LogP contribution in [-0.2, 0) is 9.84 Å². The third-order valence-corrected chi connectivity index (χ3v) is 4.65. The first-order chi connectivity index (χ1) is 6.35. The van der Waals surface area contributed by atoms with E-state index in [0.29, 0.717) is 9.92 Å². The Labute approximate surface area is 89.8 Å². The zero-order valence-electron chi connectivity index (χ0n) is 8.41. The highest BCUT2D eigenvalue weighted by Gasteiger charge is 2.19. The molecule has 0 bridgehead atoms. The zero-order valence-corrected chi connectivity index (χ0v) is 9.98. The molecule has 0 aliphatic rings.